The smallest absolute Gasteiger partial charge is 0.243 e. The van der Waals surface area contributed by atoms with Crippen LogP contribution in [0.15, 0.2) is 53.7 Å². The number of aromatic nitrogens is 1. The molecule has 0 aliphatic heterocycles. The zero-order chi connectivity index (χ0) is 14.6. The average Bonchev–Trinajstić information content (AvgIpc) is 2.48. The van der Waals surface area contributed by atoms with Crippen LogP contribution in [-0.4, -0.2) is 24.8 Å². The lowest BCUT2D eigenvalue weighted by Crippen LogP contribution is -2.26. The molecule has 1 aromatic heterocycles. The van der Waals surface area contributed by atoms with Gasteiger partial charge in [-0.15, -0.1) is 0 Å². The van der Waals surface area contributed by atoms with E-state index in [1.807, 2.05) is 6.07 Å². The minimum atomic E-state index is -3.56. The van der Waals surface area contributed by atoms with Crippen molar-refractivity contribution < 1.29 is 8.42 Å². The van der Waals surface area contributed by atoms with Gasteiger partial charge in [-0.2, -0.15) is 9.57 Å². The van der Waals surface area contributed by atoms with Crippen molar-refractivity contribution in [3.05, 3.63) is 59.9 Å². The Hall–Kier alpha value is -2.23. The molecule has 0 saturated heterocycles. The molecule has 2 rings (SSSR count). The van der Waals surface area contributed by atoms with Crippen molar-refractivity contribution in [3.8, 4) is 6.07 Å². The van der Waals surface area contributed by atoms with Crippen molar-refractivity contribution in [2.45, 2.75) is 11.4 Å². The summed E-state index contributed by atoms with van der Waals surface area (Å²) in [4.78, 5) is 4.07. The molecular formula is C14H13N3O2S. The second-order valence-corrected chi connectivity index (χ2v) is 6.30. The summed E-state index contributed by atoms with van der Waals surface area (Å²) >= 11 is 0. The van der Waals surface area contributed by atoms with E-state index in [1.165, 1.54) is 35.6 Å². The molecule has 0 amide bonds. The highest BCUT2D eigenvalue weighted by Crippen LogP contribution is 2.17. The van der Waals surface area contributed by atoms with Crippen LogP contribution in [0.1, 0.15) is 11.1 Å². The quantitative estimate of drug-likeness (QED) is 0.859. The lowest BCUT2D eigenvalue weighted by molar-refractivity contribution is 0.466. The summed E-state index contributed by atoms with van der Waals surface area (Å²) in [5.74, 6) is 0. The Bertz CT molecular complexity index is 719. The van der Waals surface area contributed by atoms with Gasteiger partial charge in [0.25, 0.3) is 0 Å². The van der Waals surface area contributed by atoms with Crippen LogP contribution < -0.4 is 0 Å². The number of hydrogen-bond acceptors (Lipinski definition) is 4. The van der Waals surface area contributed by atoms with Crippen LogP contribution in [-0.2, 0) is 16.6 Å². The highest BCUT2D eigenvalue weighted by molar-refractivity contribution is 7.89. The highest BCUT2D eigenvalue weighted by atomic mass is 32.2. The van der Waals surface area contributed by atoms with Crippen LogP contribution in [0.2, 0.25) is 0 Å². The van der Waals surface area contributed by atoms with Gasteiger partial charge in [-0.25, -0.2) is 8.42 Å². The molecule has 0 unspecified atom stereocenters. The van der Waals surface area contributed by atoms with E-state index in [0.717, 1.165) is 5.56 Å². The van der Waals surface area contributed by atoms with Gasteiger partial charge in [0, 0.05) is 26.0 Å². The van der Waals surface area contributed by atoms with Gasteiger partial charge in [0.2, 0.25) is 10.0 Å². The number of nitriles is 1. The summed E-state index contributed by atoms with van der Waals surface area (Å²) in [5, 5.41) is 8.72. The maximum atomic E-state index is 12.4. The van der Waals surface area contributed by atoms with Gasteiger partial charge in [-0.05, 0) is 42.0 Å². The number of rotatable bonds is 4. The van der Waals surface area contributed by atoms with Crippen LogP contribution in [0, 0.1) is 11.3 Å². The SMILES string of the molecule is CN(Cc1ccncc1)S(=O)(=O)c1ccc(C#N)cc1. The minimum absolute atomic E-state index is 0.174. The van der Waals surface area contributed by atoms with E-state index in [0.29, 0.717) is 5.56 Å². The molecule has 0 saturated carbocycles. The minimum Gasteiger partial charge on any atom is -0.265 e. The van der Waals surface area contributed by atoms with Gasteiger partial charge in [-0.1, -0.05) is 0 Å². The molecule has 20 heavy (non-hydrogen) atoms. The molecular weight excluding hydrogens is 274 g/mol. The Morgan fingerprint density at radius 2 is 1.75 bits per heavy atom. The molecule has 0 atom stereocenters. The van der Waals surface area contributed by atoms with E-state index < -0.39 is 10.0 Å². The van der Waals surface area contributed by atoms with E-state index >= 15 is 0 Å². The average molecular weight is 287 g/mol. The Morgan fingerprint density at radius 3 is 2.30 bits per heavy atom. The van der Waals surface area contributed by atoms with Crippen LogP contribution >= 0.6 is 0 Å². The van der Waals surface area contributed by atoms with Gasteiger partial charge >= 0.3 is 0 Å². The van der Waals surface area contributed by atoms with Crippen LogP contribution in [0.5, 0.6) is 0 Å². The highest BCUT2D eigenvalue weighted by Gasteiger charge is 2.20. The standard InChI is InChI=1S/C14H13N3O2S/c1-17(11-13-6-8-16-9-7-13)20(18,19)14-4-2-12(10-15)3-5-14/h2-9H,11H2,1H3. The molecule has 0 N–H and O–H groups in total. The van der Waals surface area contributed by atoms with Crippen LogP contribution in [0.25, 0.3) is 0 Å². The maximum absolute atomic E-state index is 12.4. The van der Waals surface area contributed by atoms with E-state index in [2.05, 4.69) is 4.98 Å². The number of sulfonamides is 1. The molecule has 1 aromatic carbocycles. The number of nitrogens with zero attached hydrogens (tertiary/aromatic N) is 3. The van der Waals surface area contributed by atoms with Gasteiger partial charge in [-0.3, -0.25) is 4.98 Å². The summed E-state index contributed by atoms with van der Waals surface area (Å²) < 4.78 is 26.0. The fourth-order valence-electron chi connectivity index (χ4n) is 1.71. The summed E-state index contributed by atoms with van der Waals surface area (Å²) in [6.45, 7) is 0.269. The fraction of sp³-hybridized carbons (Fsp3) is 0.143. The molecule has 0 spiro atoms. The first-order valence-corrected chi connectivity index (χ1v) is 7.33. The second kappa shape index (κ2) is 5.82. The van der Waals surface area contributed by atoms with Crippen molar-refractivity contribution in [1.29, 1.82) is 5.26 Å². The molecule has 2 aromatic rings. The summed E-state index contributed by atoms with van der Waals surface area (Å²) in [7, 11) is -2.04. The van der Waals surface area contributed by atoms with E-state index in [-0.39, 0.29) is 11.4 Å². The summed E-state index contributed by atoms with van der Waals surface area (Å²) in [5.41, 5.74) is 1.29. The zero-order valence-corrected chi connectivity index (χ0v) is 11.7. The lowest BCUT2D eigenvalue weighted by atomic mass is 10.2. The summed E-state index contributed by atoms with van der Waals surface area (Å²) in [6.07, 6.45) is 3.25. The first-order chi connectivity index (χ1) is 9.54. The van der Waals surface area contributed by atoms with Crippen molar-refractivity contribution in [2.24, 2.45) is 0 Å². The molecule has 0 radical (unpaired) electrons. The Balaban J connectivity index is 2.23. The topological polar surface area (TPSA) is 74.1 Å². The first-order valence-electron chi connectivity index (χ1n) is 5.89. The van der Waals surface area contributed by atoms with Gasteiger partial charge < -0.3 is 0 Å². The maximum Gasteiger partial charge on any atom is 0.243 e. The van der Waals surface area contributed by atoms with Crippen molar-refractivity contribution in [2.75, 3.05) is 7.05 Å². The van der Waals surface area contributed by atoms with E-state index in [4.69, 9.17) is 5.26 Å². The molecule has 1 heterocycles. The third-order valence-corrected chi connectivity index (χ3v) is 4.66. The molecule has 0 fully saturated rings. The Kier molecular flexibility index (Phi) is 4.13. The number of benzene rings is 1. The molecule has 6 heteroatoms. The second-order valence-electron chi connectivity index (χ2n) is 4.25. The van der Waals surface area contributed by atoms with E-state index in [1.54, 1.807) is 24.5 Å². The van der Waals surface area contributed by atoms with Crippen molar-refractivity contribution >= 4 is 10.0 Å². The number of hydrogen-bond donors (Lipinski definition) is 0. The summed E-state index contributed by atoms with van der Waals surface area (Å²) in [6, 6.07) is 11.4. The molecule has 102 valence electrons. The molecule has 5 nitrogen and oxygen atoms in total. The third-order valence-electron chi connectivity index (χ3n) is 2.85. The molecule has 0 aliphatic carbocycles. The van der Waals surface area contributed by atoms with Gasteiger partial charge in [0.15, 0.2) is 0 Å². The Labute approximate surface area is 118 Å². The van der Waals surface area contributed by atoms with Gasteiger partial charge in [0.05, 0.1) is 16.5 Å². The zero-order valence-electron chi connectivity index (χ0n) is 10.9. The predicted octanol–water partition coefficient (Wildman–Crippen LogP) is 1.77. The predicted molar refractivity (Wildman–Crippen MR) is 74.0 cm³/mol. The van der Waals surface area contributed by atoms with Gasteiger partial charge in [0.1, 0.15) is 0 Å². The largest absolute Gasteiger partial charge is 0.265 e. The van der Waals surface area contributed by atoms with Crippen LogP contribution in [0.4, 0.5) is 0 Å². The molecule has 0 bridgehead atoms. The lowest BCUT2D eigenvalue weighted by Gasteiger charge is -2.17. The number of pyridine rings is 1. The van der Waals surface area contributed by atoms with Crippen molar-refractivity contribution in [1.82, 2.24) is 9.29 Å². The fourth-order valence-corrected chi connectivity index (χ4v) is 2.87. The Morgan fingerprint density at radius 1 is 1.15 bits per heavy atom. The monoisotopic (exact) mass is 287 g/mol. The third kappa shape index (κ3) is 3.02. The van der Waals surface area contributed by atoms with Crippen LogP contribution in [0.3, 0.4) is 0 Å². The molecule has 0 aliphatic rings. The first kappa shape index (κ1) is 14.2. The van der Waals surface area contributed by atoms with E-state index in [9.17, 15) is 8.42 Å². The normalized spacial score (nSPS) is 11.2. The van der Waals surface area contributed by atoms with Crippen molar-refractivity contribution in [3.63, 3.8) is 0 Å².